The summed E-state index contributed by atoms with van der Waals surface area (Å²) in [5.41, 5.74) is 4.13. The molecule has 2 amide bonds. The molecule has 0 aromatic heterocycles. The molecule has 1 aliphatic heterocycles. The molecule has 0 saturated heterocycles. The van der Waals surface area contributed by atoms with Gasteiger partial charge >= 0.3 is 0 Å². The number of sulfone groups is 1. The summed E-state index contributed by atoms with van der Waals surface area (Å²) in [4.78, 5) is 48.7. The molecule has 5 rings (SSSR count). The Hall–Kier alpha value is -3.53. The molecule has 2 N–H and O–H groups in total. The Labute approximate surface area is 301 Å². The fraction of sp³-hybridized carbons (Fsp3) is 0.382. The topological polar surface area (TPSA) is 165 Å². The molecule has 4 atom stereocenters. The SMILES string of the molecule is COc1ccc(CONC(=O)[C@@H]2c3ccccc3C(=O)N([C@H]3CCCC[C@@H]3NS(C)(=O)=O)[C@H]2c2ccc(Cl)cc2Cl)cc1C(=O)CS(C)(=O)=O. The van der Waals surface area contributed by atoms with Crippen LogP contribution in [0.1, 0.15) is 75.0 Å². The zero-order chi connectivity index (χ0) is 36.4. The van der Waals surface area contributed by atoms with Crippen LogP contribution in [0.3, 0.4) is 0 Å². The van der Waals surface area contributed by atoms with Crippen LogP contribution < -0.4 is 14.9 Å². The highest BCUT2D eigenvalue weighted by atomic mass is 35.5. The van der Waals surface area contributed by atoms with Gasteiger partial charge in [-0.25, -0.2) is 27.0 Å². The van der Waals surface area contributed by atoms with Gasteiger partial charge in [-0.05, 0) is 59.9 Å². The fourth-order valence-corrected chi connectivity index (χ4v) is 8.74. The zero-order valence-electron chi connectivity index (χ0n) is 27.5. The van der Waals surface area contributed by atoms with Crippen LogP contribution in [0.2, 0.25) is 10.0 Å². The van der Waals surface area contributed by atoms with Crippen molar-refractivity contribution in [3.63, 3.8) is 0 Å². The Morgan fingerprint density at radius 1 is 0.940 bits per heavy atom. The number of halogens is 2. The van der Waals surface area contributed by atoms with E-state index in [1.165, 1.54) is 25.3 Å². The minimum Gasteiger partial charge on any atom is -0.496 e. The van der Waals surface area contributed by atoms with E-state index < -0.39 is 61.3 Å². The van der Waals surface area contributed by atoms with Crippen molar-refractivity contribution in [2.24, 2.45) is 0 Å². The summed E-state index contributed by atoms with van der Waals surface area (Å²) in [5.74, 6) is -3.24. The Morgan fingerprint density at radius 3 is 2.34 bits per heavy atom. The van der Waals surface area contributed by atoms with Gasteiger partial charge in [0.05, 0.1) is 37.5 Å². The second-order valence-corrected chi connectivity index (χ2v) is 17.3. The van der Waals surface area contributed by atoms with Gasteiger partial charge in [0.2, 0.25) is 10.0 Å². The summed E-state index contributed by atoms with van der Waals surface area (Å²) < 4.78 is 56.4. The number of rotatable bonds is 12. The number of ether oxygens (including phenoxy) is 1. The molecule has 16 heteroatoms. The van der Waals surface area contributed by atoms with Crippen LogP contribution in [0.25, 0.3) is 0 Å². The van der Waals surface area contributed by atoms with Gasteiger partial charge in [0.1, 0.15) is 11.5 Å². The first-order chi connectivity index (χ1) is 23.6. The van der Waals surface area contributed by atoms with Gasteiger partial charge in [0, 0.05) is 33.9 Å². The molecular weight excluding hydrogens is 729 g/mol. The number of Topliss-reactive ketones (excluding diaryl/α,β-unsaturated/α-hetero) is 1. The maximum Gasteiger partial charge on any atom is 0.255 e. The average molecular weight is 767 g/mol. The molecule has 1 saturated carbocycles. The second kappa shape index (κ2) is 15.4. The summed E-state index contributed by atoms with van der Waals surface area (Å²) in [7, 11) is -5.90. The fourth-order valence-electron chi connectivity index (χ4n) is 6.76. The minimum absolute atomic E-state index is 0.0443. The van der Waals surface area contributed by atoms with E-state index in [0.29, 0.717) is 34.6 Å². The lowest BCUT2D eigenvalue weighted by molar-refractivity contribution is -0.138. The third-order valence-corrected chi connectivity index (χ3v) is 10.8. The first-order valence-electron chi connectivity index (χ1n) is 15.7. The predicted molar refractivity (Wildman–Crippen MR) is 189 cm³/mol. The van der Waals surface area contributed by atoms with Gasteiger partial charge in [0.15, 0.2) is 15.6 Å². The quantitative estimate of drug-likeness (QED) is 0.198. The summed E-state index contributed by atoms with van der Waals surface area (Å²) >= 11 is 13.0. The number of hydroxylamine groups is 1. The van der Waals surface area contributed by atoms with Crippen molar-refractivity contribution < 1.29 is 40.8 Å². The molecule has 1 aliphatic carbocycles. The van der Waals surface area contributed by atoms with Crippen molar-refractivity contribution in [1.82, 2.24) is 15.1 Å². The number of nitrogens with one attached hydrogen (secondary N) is 2. The number of fused-ring (bicyclic) bond motifs is 1. The van der Waals surface area contributed by atoms with Crippen LogP contribution in [0, 0.1) is 0 Å². The van der Waals surface area contributed by atoms with Crippen LogP contribution in [0.15, 0.2) is 60.7 Å². The van der Waals surface area contributed by atoms with Gasteiger partial charge < -0.3 is 9.64 Å². The largest absolute Gasteiger partial charge is 0.496 e. The van der Waals surface area contributed by atoms with E-state index in [4.69, 9.17) is 32.8 Å². The number of sulfonamides is 1. The van der Waals surface area contributed by atoms with Crippen molar-refractivity contribution in [2.45, 2.75) is 56.3 Å². The first kappa shape index (κ1) is 37.7. The lowest BCUT2D eigenvalue weighted by atomic mass is 9.76. The molecular formula is C34H37Cl2N3O9S2. The molecule has 12 nitrogen and oxygen atoms in total. The number of benzene rings is 3. The smallest absolute Gasteiger partial charge is 0.255 e. The van der Waals surface area contributed by atoms with Crippen LogP contribution in [0.5, 0.6) is 5.75 Å². The van der Waals surface area contributed by atoms with E-state index in [9.17, 15) is 31.2 Å². The molecule has 3 aromatic rings. The minimum atomic E-state index is -3.65. The molecule has 1 fully saturated rings. The van der Waals surface area contributed by atoms with Crippen LogP contribution >= 0.6 is 23.2 Å². The molecule has 0 unspecified atom stereocenters. The molecule has 0 bridgehead atoms. The molecule has 0 radical (unpaired) electrons. The Kier molecular flexibility index (Phi) is 11.6. The van der Waals surface area contributed by atoms with Gasteiger partial charge in [-0.15, -0.1) is 0 Å². The molecule has 50 heavy (non-hydrogen) atoms. The lowest BCUT2D eigenvalue weighted by Gasteiger charge is -2.49. The third kappa shape index (κ3) is 8.67. The van der Waals surface area contributed by atoms with Crippen LogP contribution in [0.4, 0.5) is 0 Å². The second-order valence-electron chi connectivity index (χ2n) is 12.5. The van der Waals surface area contributed by atoms with Gasteiger partial charge in [-0.3, -0.25) is 19.2 Å². The van der Waals surface area contributed by atoms with Crippen molar-refractivity contribution >= 4 is 60.7 Å². The van der Waals surface area contributed by atoms with Crippen molar-refractivity contribution in [3.8, 4) is 5.75 Å². The molecule has 3 aromatic carbocycles. The normalized spacial score (nSPS) is 21.0. The van der Waals surface area contributed by atoms with Crippen molar-refractivity contribution in [3.05, 3.63) is 98.5 Å². The van der Waals surface area contributed by atoms with E-state index in [1.54, 1.807) is 47.4 Å². The van der Waals surface area contributed by atoms with Crippen molar-refractivity contribution in [1.29, 1.82) is 0 Å². The molecule has 1 heterocycles. The molecule has 268 valence electrons. The summed E-state index contributed by atoms with van der Waals surface area (Å²) in [6, 6.07) is 13.8. The first-order valence-corrected chi connectivity index (χ1v) is 20.4. The number of methoxy groups -OCH3 is 1. The lowest BCUT2D eigenvalue weighted by Crippen LogP contribution is -2.59. The van der Waals surface area contributed by atoms with E-state index in [0.717, 1.165) is 25.4 Å². The van der Waals surface area contributed by atoms with Crippen molar-refractivity contribution in [2.75, 3.05) is 25.4 Å². The number of ketones is 1. The van der Waals surface area contributed by atoms with E-state index in [1.807, 2.05) is 0 Å². The number of hydrogen-bond donors (Lipinski definition) is 2. The molecule has 2 aliphatic rings. The van der Waals surface area contributed by atoms with E-state index in [2.05, 4.69) is 10.2 Å². The Balaban J connectivity index is 1.52. The van der Waals surface area contributed by atoms with Gasteiger partial charge in [0.25, 0.3) is 11.8 Å². The highest BCUT2D eigenvalue weighted by Crippen LogP contribution is 2.48. The zero-order valence-corrected chi connectivity index (χ0v) is 30.7. The average Bonchev–Trinajstić information content (AvgIpc) is 3.03. The number of carbonyl (C=O) groups is 3. The number of nitrogens with zero attached hydrogens (tertiary/aromatic N) is 1. The number of carbonyl (C=O) groups excluding carboxylic acids is 3. The molecule has 0 spiro atoms. The summed E-state index contributed by atoms with van der Waals surface area (Å²) in [6.45, 7) is -0.207. The Morgan fingerprint density at radius 2 is 1.66 bits per heavy atom. The number of amides is 2. The standard InChI is InChI=1S/C34H37Cl2N3O9S2/c1-47-30-15-12-20(16-25(30)29(40)19-49(2,43)44)18-48-37-33(41)31-22-8-4-5-9-23(22)34(42)39(32(31)24-14-13-21(35)17-26(24)36)28-11-7-6-10-27(28)38-50(3,45)46/h4-5,8-9,12-17,27-28,31-32,38H,6-7,10-11,18-19H2,1-3H3,(H,37,41)/t27-,28-,31+,32-/m0/s1. The van der Waals surface area contributed by atoms with Gasteiger partial charge in [-0.2, -0.15) is 0 Å². The summed E-state index contributed by atoms with van der Waals surface area (Å²) in [5, 5.41) is 0.562. The summed E-state index contributed by atoms with van der Waals surface area (Å²) in [6.07, 6.45) is 4.47. The Bertz CT molecular complexity index is 2030. The van der Waals surface area contributed by atoms with Gasteiger partial charge in [-0.1, -0.05) is 66.4 Å². The maximum absolute atomic E-state index is 14.4. The van der Waals surface area contributed by atoms with E-state index in [-0.39, 0.29) is 34.4 Å². The van der Waals surface area contributed by atoms with Crippen LogP contribution in [-0.4, -0.2) is 76.8 Å². The predicted octanol–water partition coefficient (Wildman–Crippen LogP) is 4.62. The number of hydrogen-bond acceptors (Lipinski definition) is 9. The van der Waals surface area contributed by atoms with E-state index >= 15 is 0 Å². The highest BCUT2D eigenvalue weighted by molar-refractivity contribution is 7.91. The van der Waals surface area contributed by atoms with Crippen LogP contribution in [-0.2, 0) is 36.1 Å². The monoisotopic (exact) mass is 765 g/mol. The third-order valence-electron chi connectivity index (χ3n) is 8.76. The highest BCUT2D eigenvalue weighted by Gasteiger charge is 2.49. The maximum atomic E-state index is 14.4.